The average molecular weight is 376 g/mol. The number of likely N-dealkylation sites (tertiary alicyclic amines) is 1. The molecule has 6 nitrogen and oxygen atoms in total. The third-order valence-electron chi connectivity index (χ3n) is 5.16. The number of nitrogens with one attached hydrogen (secondary N) is 1. The number of anilines is 1. The molecule has 0 spiro atoms. The number of rotatable bonds is 12. The Morgan fingerprint density at radius 3 is 2.56 bits per heavy atom. The number of hydrogen-bond donors (Lipinski definition) is 2. The van der Waals surface area contributed by atoms with E-state index in [1.807, 2.05) is 0 Å². The predicted octanol–water partition coefficient (Wildman–Crippen LogP) is 3.18. The Morgan fingerprint density at radius 2 is 1.85 bits per heavy atom. The largest absolute Gasteiger partial charge is 0.383 e. The van der Waals surface area contributed by atoms with Gasteiger partial charge in [-0.15, -0.1) is 0 Å². The Morgan fingerprint density at radius 1 is 1.15 bits per heavy atom. The van der Waals surface area contributed by atoms with Crippen LogP contribution in [-0.4, -0.2) is 49.6 Å². The van der Waals surface area contributed by atoms with Crippen molar-refractivity contribution in [3.05, 3.63) is 29.8 Å². The third kappa shape index (κ3) is 7.69. The van der Waals surface area contributed by atoms with Crippen LogP contribution in [0.15, 0.2) is 24.3 Å². The Labute approximate surface area is 162 Å². The van der Waals surface area contributed by atoms with Gasteiger partial charge in [-0.05, 0) is 63.0 Å². The van der Waals surface area contributed by atoms with Gasteiger partial charge in [0, 0.05) is 30.8 Å². The number of benzene rings is 1. The molecule has 27 heavy (non-hydrogen) atoms. The van der Waals surface area contributed by atoms with Gasteiger partial charge in [-0.2, -0.15) is 0 Å². The van der Waals surface area contributed by atoms with Crippen LogP contribution in [0.3, 0.4) is 0 Å². The molecule has 2 rings (SSSR count). The molecule has 1 heterocycles. The highest BCUT2D eigenvalue weighted by atomic mass is 16.5. The molecule has 3 N–H and O–H groups in total. The molecule has 0 aliphatic carbocycles. The second-order valence-corrected chi connectivity index (χ2v) is 7.29. The van der Waals surface area contributed by atoms with E-state index in [9.17, 15) is 9.59 Å². The van der Waals surface area contributed by atoms with Crippen molar-refractivity contribution >= 4 is 17.5 Å². The fraction of sp³-hybridized carbons (Fsp3) is 0.619. The van der Waals surface area contributed by atoms with Crippen LogP contribution >= 0.6 is 0 Å². The third-order valence-corrected chi connectivity index (χ3v) is 5.16. The molecule has 0 unspecified atom stereocenters. The van der Waals surface area contributed by atoms with Gasteiger partial charge in [0.2, 0.25) is 11.8 Å². The highest BCUT2D eigenvalue weighted by Gasteiger charge is 2.23. The lowest BCUT2D eigenvalue weighted by Gasteiger charge is -2.23. The second kappa shape index (κ2) is 11.7. The van der Waals surface area contributed by atoms with E-state index in [2.05, 4.69) is 10.2 Å². The number of carbonyl (C=O) groups excluding carboxylic acids is 2. The van der Waals surface area contributed by atoms with Gasteiger partial charge in [-0.1, -0.05) is 19.3 Å². The summed E-state index contributed by atoms with van der Waals surface area (Å²) < 4.78 is 5.30. The SMILES string of the molecule is COC[C@@H]1CCCN1CCCCCCCC(=O)Nc1ccc(C(N)=O)cc1. The summed E-state index contributed by atoms with van der Waals surface area (Å²) in [5.41, 5.74) is 6.34. The highest BCUT2D eigenvalue weighted by molar-refractivity contribution is 5.94. The maximum atomic E-state index is 12.0. The van der Waals surface area contributed by atoms with Gasteiger partial charge in [0.25, 0.3) is 0 Å². The van der Waals surface area contributed by atoms with E-state index in [4.69, 9.17) is 10.5 Å². The monoisotopic (exact) mass is 375 g/mol. The molecule has 6 heteroatoms. The van der Waals surface area contributed by atoms with Crippen LogP contribution in [0.1, 0.15) is 61.7 Å². The standard InChI is InChI=1S/C21H33N3O3/c1-27-16-19-8-7-15-24(19)14-6-4-2-3-5-9-20(25)23-18-12-10-17(11-13-18)21(22)26/h10-13,19H,2-9,14-16H2,1H3,(H2,22,26)(H,23,25)/t19-/m0/s1. The topological polar surface area (TPSA) is 84.7 Å². The van der Waals surface area contributed by atoms with Gasteiger partial charge in [0.1, 0.15) is 0 Å². The molecule has 1 aromatic rings. The Bertz CT molecular complexity index is 589. The van der Waals surface area contributed by atoms with E-state index in [0.717, 1.165) is 26.0 Å². The quantitative estimate of drug-likeness (QED) is 0.550. The molecule has 150 valence electrons. The minimum Gasteiger partial charge on any atom is -0.383 e. The van der Waals surface area contributed by atoms with E-state index < -0.39 is 5.91 Å². The molecule has 1 aliphatic heterocycles. The Balaban J connectivity index is 1.51. The summed E-state index contributed by atoms with van der Waals surface area (Å²) in [6, 6.07) is 7.25. The van der Waals surface area contributed by atoms with Crippen LogP contribution in [0, 0.1) is 0 Å². The molecule has 1 aliphatic rings. The van der Waals surface area contributed by atoms with Gasteiger partial charge in [-0.3, -0.25) is 14.5 Å². The molecule has 0 saturated carbocycles. The summed E-state index contributed by atoms with van der Waals surface area (Å²) in [7, 11) is 1.78. The molecular formula is C21H33N3O3. The number of methoxy groups -OCH3 is 1. The molecule has 0 bridgehead atoms. The van der Waals surface area contributed by atoms with E-state index >= 15 is 0 Å². The van der Waals surface area contributed by atoms with E-state index in [0.29, 0.717) is 23.7 Å². The van der Waals surface area contributed by atoms with Crippen LogP contribution in [0.5, 0.6) is 0 Å². The normalized spacial score (nSPS) is 17.1. The lowest BCUT2D eigenvalue weighted by Crippen LogP contribution is -2.33. The summed E-state index contributed by atoms with van der Waals surface area (Å²) in [5, 5.41) is 2.85. The number of amides is 2. The molecule has 1 atom stereocenters. The first kappa shape index (κ1) is 21.4. The number of nitrogens with two attached hydrogens (primary N) is 1. The number of carbonyl (C=O) groups is 2. The molecule has 1 saturated heterocycles. The van der Waals surface area contributed by atoms with Gasteiger partial charge < -0.3 is 15.8 Å². The Kier molecular flexibility index (Phi) is 9.28. The lowest BCUT2D eigenvalue weighted by molar-refractivity contribution is -0.116. The summed E-state index contributed by atoms with van der Waals surface area (Å²) in [5.74, 6) is -0.451. The summed E-state index contributed by atoms with van der Waals surface area (Å²) in [4.78, 5) is 25.6. The van der Waals surface area contributed by atoms with Crippen molar-refractivity contribution < 1.29 is 14.3 Å². The first-order valence-corrected chi connectivity index (χ1v) is 10.0. The minimum atomic E-state index is -0.466. The molecule has 2 amide bonds. The summed E-state index contributed by atoms with van der Waals surface area (Å²) >= 11 is 0. The second-order valence-electron chi connectivity index (χ2n) is 7.29. The predicted molar refractivity (Wildman–Crippen MR) is 108 cm³/mol. The maximum absolute atomic E-state index is 12.0. The number of hydrogen-bond acceptors (Lipinski definition) is 4. The lowest BCUT2D eigenvalue weighted by atomic mass is 10.1. The van der Waals surface area contributed by atoms with Crippen LogP contribution in [0.25, 0.3) is 0 Å². The zero-order valence-electron chi connectivity index (χ0n) is 16.4. The summed E-state index contributed by atoms with van der Waals surface area (Å²) in [6.07, 6.45) is 8.66. The number of nitrogens with zero attached hydrogens (tertiary/aromatic N) is 1. The first-order valence-electron chi connectivity index (χ1n) is 10.0. The van der Waals surface area contributed by atoms with Crippen molar-refractivity contribution in [2.75, 3.05) is 32.1 Å². The Hall–Kier alpha value is -1.92. The van der Waals surface area contributed by atoms with Crippen molar-refractivity contribution in [2.24, 2.45) is 5.73 Å². The van der Waals surface area contributed by atoms with Crippen LogP contribution in [0.4, 0.5) is 5.69 Å². The maximum Gasteiger partial charge on any atom is 0.248 e. The fourth-order valence-corrected chi connectivity index (χ4v) is 3.64. The zero-order chi connectivity index (χ0) is 19.5. The van der Waals surface area contributed by atoms with Gasteiger partial charge in [0.05, 0.1) is 6.61 Å². The highest BCUT2D eigenvalue weighted by Crippen LogP contribution is 2.18. The van der Waals surface area contributed by atoms with Gasteiger partial charge in [0.15, 0.2) is 0 Å². The minimum absolute atomic E-state index is 0.0151. The van der Waals surface area contributed by atoms with Crippen molar-refractivity contribution in [1.82, 2.24) is 4.90 Å². The molecule has 1 fully saturated rings. The van der Waals surface area contributed by atoms with Crippen molar-refractivity contribution in [3.8, 4) is 0 Å². The zero-order valence-corrected chi connectivity index (χ0v) is 16.4. The van der Waals surface area contributed by atoms with E-state index in [1.54, 1.807) is 31.4 Å². The fourth-order valence-electron chi connectivity index (χ4n) is 3.64. The van der Waals surface area contributed by atoms with Crippen LogP contribution in [0.2, 0.25) is 0 Å². The van der Waals surface area contributed by atoms with Crippen molar-refractivity contribution in [2.45, 2.75) is 57.4 Å². The van der Waals surface area contributed by atoms with Gasteiger partial charge >= 0.3 is 0 Å². The van der Waals surface area contributed by atoms with Gasteiger partial charge in [-0.25, -0.2) is 0 Å². The molecule has 0 aromatic heterocycles. The average Bonchev–Trinajstić information content (AvgIpc) is 3.09. The van der Waals surface area contributed by atoms with Crippen LogP contribution in [-0.2, 0) is 9.53 Å². The molecule has 0 radical (unpaired) electrons. The number of primary amides is 1. The smallest absolute Gasteiger partial charge is 0.248 e. The number of ether oxygens (including phenoxy) is 1. The molecule has 1 aromatic carbocycles. The first-order chi connectivity index (χ1) is 13.1. The summed E-state index contributed by atoms with van der Waals surface area (Å²) in [6.45, 7) is 3.21. The van der Waals surface area contributed by atoms with E-state index in [1.165, 1.54) is 38.6 Å². The molecular weight excluding hydrogens is 342 g/mol. The van der Waals surface area contributed by atoms with E-state index in [-0.39, 0.29) is 5.91 Å². The number of unbranched alkanes of at least 4 members (excludes halogenated alkanes) is 4. The van der Waals surface area contributed by atoms with Crippen molar-refractivity contribution in [1.29, 1.82) is 0 Å². The van der Waals surface area contributed by atoms with Crippen molar-refractivity contribution in [3.63, 3.8) is 0 Å². The van der Waals surface area contributed by atoms with Crippen LogP contribution < -0.4 is 11.1 Å².